The zero-order valence-electron chi connectivity index (χ0n) is 27.1. The van der Waals surface area contributed by atoms with Crippen molar-refractivity contribution in [2.75, 3.05) is 26.0 Å². The van der Waals surface area contributed by atoms with Gasteiger partial charge in [-0.3, -0.25) is 4.79 Å². The van der Waals surface area contributed by atoms with E-state index in [1.165, 1.54) is 22.7 Å². The minimum absolute atomic E-state index is 0.0697. The van der Waals surface area contributed by atoms with Gasteiger partial charge in [0.25, 0.3) is 0 Å². The summed E-state index contributed by atoms with van der Waals surface area (Å²) in [6.07, 6.45) is 7.67. The number of halogens is 2. The third-order valence-corrected chi connectivity index (χ3v) is 12.3. The molecule has 1 aliphatic heterocycles. The molecule has 2 aromatic carbocycles. The van der Waals surface area contributed by atoms with E-state index in [1.54, 1.807) is 6.07 Å². The Balaban J connectivity index is 1.58. The summed E-state index contributed by atoms with van der Waals surface area (Å²) >= 11 is 6.32. The third kappa shape index (κ3) is 7.61. The van der Waals surface area contributed by atoms with Gasteiger partial charge in [0, 0.05) is 47.7 Å². The molecule has 2 bridgehead atoms. The predicted octanol–water partition coefficient (Wildman–Crippen LogP) is 6.38. The summed E-state index contributed by atoms with van der Waals surface area (Å²) in [5.41, 5.74) is 1.06. The van der Waals surface area contributed by atoms with E-state index in [0.717, 1.165) is 29.5 Å². The van der Waals surface area contributed by atoms with Gasteiger partial charge in [-0.25, -0.2) is 12.8 Å². The van der Waals surface area contributed by atoms with Crippen molar-refractivity contribution >= 4 is 27.4 Å². The Morgan fingerprint density at radius 2 is 1.96 bits per heavy atom. The number of carbonyl (C=O) groups excluding carboxylic acids is 1. The Labute approximate surface area is 277 Å². The lowest BCUT2D eigenvalue weighted by Crippen LogP contribution is -2.54. The van der Waals surface area contributed by atoms with Gasteiger partial charge < -0.3 is 14.9 Å². The fourth-order valence-corrected chi connectivity index (χ4v) is 8.94. The van der Waals surface area contributed by atoms with E-state index in [1.807, 2.05) is 32.0 Å². The van der Waals surface area contributed by atoms with Gasteiger partial charge in [-0.1, -0.05) is 48.4 Å². The lowest BCUT2D eigenvalue weighted by Gasteiger charge is -2.46. The third-order valence-electron chi connectivity index (χ3n) is 10.7. The number of ether oxygens (including phenoxy) is 1. The average molecular weight is 676 g/mol. The largest absolute Gasteiger partial charge is 0.393 e. The number of aliphatic hydroxyl groups excluding tert-OH is 1. The summed E-state index contributed by atoms with van der Waals surface area (Å²) in [6.45, 7) is 4.78. The van der Waals surface area contributed by atoms with Crippen molar-refractivity contribution in [3.8, 4) is 0 Å². The summed E-state index contributed by atoms with van der Waals surface area (Å²) in [5, 5.41) is 23.6. The van der Waals surface area contributed by atoms with E-state index < -0.39 is 33.0 Å². The number of hydrogen-bond acceptors (Lipinski definition) is 6. The molecular formula is C36H47ClFNO6S. The number of hydrogen-bond donors (Lipinski definition) is 2. The van der Waals surface area contributed by atoms with E-state index in [0.29, 0.717) is 57.1 Å². The smallest absolute Gasteiger partial charge is 0.211 e. The summed E-state index contributed by atoms with van der Waals surface area (Å²) in [4.78, 5) is 14.1. The van der Waals surface area contributed by atoms with Crippen LogP contribution < -0.4 is 0 Å². The molecule has 10 heteroatoms. The molecule has 46 heavy (non-hydrogen) atoms. The van der Waals surface area contributed by atoms with E-state index in [4.69, 9.17) is 16.3 Å². The predicted molar refractivity (Wildman–Crippen MR) is 178 cm³/mol. The molecule has 252 valence electrons. The van der Waals surface area contributed by atoms with Crippen LogP contribution in [0.2, 0.25) is 5.02 Å². The number of benzene rings is 2. The maximum absolute atomic E-state index is 14.8. The highest BCUT2D eigenvalue weighted by Gasteiger charge is 2.58. The Morgan fingerprint density at radius 1 is 1.17 bits per heavy atom. The zero-order valence-corrected chi connectivity index (χ0v) is 28.7. The maximum atomic E-state index is 14.8. The second kappa shape index (κ2) is 14.1. The fraction of sp³-hybridized carbons (Fsp3) is 0.583. The molecule has 2 N–H and O–H groups in total. The summed E-state index contributed by atoms with van der Waals surface area (Å²) in [7, 11) is -3.66. The molecular weight excluding hydrogens is 629 g/mol. The molecule has 5 unspecified atom stereocenters. The normalized spacial score (nSPS) is 29.0. The number of sulfonamides is 1. The highest BCUT2D eigenvalue weighted by Crippen LogP contribution is 2.59. The summed E-state index contributed by atoms with van der Waals surface area (Å²) < 4.78 is 48.1. The number of rotatable bonds is 8. The van der Waals surface area contributed by atoms with Crippen molar-refractivity contribution in [3.63, 3.8) is 0 Å². The summed E-state index contributed by atoms with van der Waals surface area (Å²) in [5.74, 6) is -1.13. The first-order valence-corrected chi connectivity index (χ1v) is 18.6. The van der Waals surface area contributed by atoms with Crippen molar-refractivity contribution in [3.05, 3.63) is 81.1 Å². The molecule has 4 aliphatic rings. The van der Waals surface area contributed by atoms with Gasteiger partial charge in [0.1, 0.15) is 5.82 Å². The molecule has 5 atom stereocenters. The zero-order chi connectivity index (χ0) is 33.3. The highest BCUT2D eigenvalue weighted by atomic mass is 35.5. The quantitative estimate of drug-likeness (QED) is 0.249. The molecule has 2 aromatic rings. The first-order chi connectivity index (χ1) is 21.7. The first-order valence-electron chi connectivity index (χ1n) is 16.4. The van der Waals surface area contributed by atoms with Gasteiger partial charge in [0.2, 0.25) is 10.0 Å². The minimum Gasteiger partial charge on any atom is -0.393 e. The van der Waals surface area contributed by atoms with Gasteiger partial charge >= 0.3 is 0 Å². The van der Waals surface area contributed by atoms with Crippen LogP contribution in [-0.2, 0) is 27.6 Å². The number of ketones is 1. The molecule has 7 nitrogen and oxygen atoms in total. The fourth-order valence-electron chi connectivity index (χ4n) is 7.82. The minimum atomic E-state index is -3.66. The Hall–Kier alpha value is -2.14. The van der Waals surface area contributed by atoms with Crippen LogP contribution in [0.4, 0.5) is 4.39 Å². The second-order valence-electron chi connectivity index (χ2n) is 13.9. The van der Waals surface area contributed by atoms with Crippen LogP contribution in [0.1, 0.15) is 98.2 Å². The van der Waals surface area contributed by atoms with Crippen LogP contribution >= 0.6 is 11.6 Å². The van der Waals surface area contributed by atoms with Crippen molar-refractivity contribution in [2.45, 2.75) is 102 Å². The van der Waals surface area contributed by atoms with E-state index in [9.17, 15) is 27.8 Å². The van der Waals surface area contributed by atoms with Crippen molar-refractivity contribution in [2.24, 2.45) is 5.41 Å². The van der Waals surface area contributed by atoms with E-state index in [2.05, 4.69) is 6.08 Å². The van der Waals surface area contributed by atoms with Crippen molar-refractivity contribution < 1.29 is 32.6 Å². The van der Waals surface area contributed by atoms with Crippen LogP contribution in [0.25, 0.3) is 0 Å². The van der Waals surface area contributed by atoms with E-state index >= 15 is 0 Å². The lowest BCUT2D eigenvalue weighted by atomic mass is 9.64. The van der Waals surface area contributed by atoms with Crippen molar-refractivity contribution in [1.29, 1.82) is 0 Å². The molecule has 0 amide bonds. The number of aliphatic hydroxyl groups is 2. The molecule has 6 rings (SSSR count). The molecule has 1 saturated carbocycles. The van der Waals surface area contributed by atoms with Crippen LogP contribution in [0.3, 0.4) is 0 Å². The SMILES string of the molecule is CC1=CCCC2(C)C(CCC2(O)CN(CC2CCCO2)S(C)(=O)=O)c2ccc(cc2C(=O)Cc2c(F)cccc2Cl)CC(O)CC1. The van der Waals surface area contributed by atoms with Gasteiger partial charge in [0.05, 0.1) is 24.1 Å². The monoisotopic (exact) mass is 675 g/mol. The molecule has 0 spiro atoms. The molecule has 3 aliphatic carbocycles. The van der Waals surface area contributed by atoms with Crippen LogP contribution in [0.5, 0.6) is 0 Å². The van der Waals surface area contributed by atoms with Gasteiger partial charge in [-0.05, 0) is 100.0 Å². The lowest BCUT2D eigenvalue weighted by molar-refractivity contribution is -0.0753. The Kier molecular flexibility index (Phi) is 10.8. The highest BCUT2D eigenvalue weighted by molar-refractivity contribution is 7.88. The first kappa shape index (κ1) is 35.2. The number of fused-ring (bicyclic) bond motifs is 8. The molecule has 0 radical (unpaired) electrons. The van der Waals surface area contributed by atoms with Gasteiger partial charge in [-0.2, -0.15) is 4.31 Å². The molecule has 1 heterocycles. The standard InChI is InChI=1S/C36H47ClFNO6S/c1-24-7-5-16-35(2)31(15-17-36(35,42)23-39(46(3,43)44)22-27-8-6-18-45-27)28-14-12-25(19-26(40)13-11-24)20-29(28)34(41)21-30-32(37)9-4-10-33(30)38/h4,7,9-10,12,14,20,26-27,31,40,42H,5-6,8,11,13,15-19,21-23H2,1-3H3. The van der Waals surface area contributed by atoms with E-state index in [-0.39, 0.29) is 47.9 Å². The van der Waals surface area contributed by atoms with Crippen LogP contribution in [0.15, 0.2) is 48.0 Å². The van der Waals surface area contributed by atoms with Gasteiger partial charge in [-0.15, -0.1) is 0 Å². The average Bonchev–Trinajstić information content (AvgIpc) is 3.59. The number of allylic oxidation sites excluding steroid dienone is 2. The number of nitrogens with zero attached hydrogens (tertiary/aromatic N) is 1. The number of carbonyl (C=O) groups is 1. The van der Waals surface area contributed by atoms with Crippen molar-refractivity contribution in [1.82, 2.24) is 4.31 Å². The van der Waals surface area contributed by atoms with Gasteiger partial charge in [0.15, 0.2) is 5.78 Å². The van der Waals surface area contributed by atoms with Crippen LogP contribution in [-0.4, -0.2) is 72.5 Å². The molecule has 1 saturated heterocycles. The topological polar surface area (TPSA) is 104 Å². The van der Waals surface area contributed by atoms with Crippen LogP contribution in [0, 0.1) is 11.2 Å². The Bertz CT molecular complexity index is 1550. The molecule has 2 fully saturated rings. The molecule has 0 aromatic heterocycles. The maximum Gasteiger partial charge on any atom is 0.211 e. The Morgan fingerprint density at radius 3 is 2.65 bits per heavy atom. The summed E-state index contributed by atoms with van der Waals surface area (Å²) in [6, 6.07) is 10.0. The second-order valence-corrected chi connectivity index (χ2v) is 16.3. The number of Topliss-reactive ketones (excluding diaryl/α,β-unsaturated/α-hetero) is 1.